The summed E-state index contributed by atoms with van der Waals surface area (Å²) in [5, 5.41) is 9.73. The van der Waals surface area contributed by atoms with E-state index in [1.165, 1.54) is 7.11 Å². The van der Waals surface area contributed by atoms with Crippen molar-refractivity contribution in [2.24, 2.45) is 0 Å². The van der Waals surface area contributed by atoms with E-state index in [0.717, 1.165) is 23.1 Å². The van der Waals surface area contributed by atoms with Gasteiger partial charge in [-0.2, -0.15) is 5.26 Å². The van der Waals surface area contributed by atoms with Crippen molar-refractivity contribution < 1.29 is 9.53 Å². The summed E-state index contributed by atoms with van der Waals surface area (Å²) in [6.45, 7) is 2.00. The minimum Gasteiger partial charge on any atom is -0.469 e. The Kier molecular flexibility index (Phi) is 5.17. The molecule has 0 aliphatic carbocycles. The average molecular weight is 296 g/mol. The van der Waals surface area contributed by atoms with Gasteiger partial charge in [0, 0.05) is 5.33 Å². The first kappa shape index (κ1) is 13.7. The smallest absolute Gasteiger partial charge is 0.309 e. The predicted octanol–water partition coefficient (Wildman–Crippen LogP) is 2.73. The largest absolute Gasteiger partial charge is 0.469 e. The second-order valence-corrected chi connectivity index (χ2v) is 4.20. The minimum absolute atomic E-state index is 0.245. The number of rotatable bonds is 4. The fourth-order valence-electron chi connectivity index (χ4n) is 1.71. The van der Waals surface area contributed by atoms with Crippen molar-refractivity contribution in [1.29, 1.82) is 5.26 Å². The van der Waals surface area contributed by atoms with Crippen molar-refractivity contribution in [3.05, 3.63) is 34.4 Å². The minimum atomic E-state index is -0.266. The number of nitriles is 1. The molecule has 0 bridgehead atoms. The number of hydrogen-bond acceptors (Lipinski definition) is 3. The van der Waals surface area contributed by atoms with E-state index in [9.17, 15) is 4.79 Å². The molecule has 0 unspecified atom stereocenters. The fourth-order valence-corrected chi connectivity index (χ4v) is 2.15. The van der Waals surface area contributed by atoms with Gasteiger partial charge >= 0.3 is 5.97 Å². The third-order valence-corrected chi connectivity index (χ3v) is 3.18. The van der Waals surface area contributed by atoms with Crippen molar-refractivity contribution in [1.82, 2.24) is 0 Å². The molecule has 3 nitrogen and oxygen atoms in total. The van der Waals surface area contributed by atoms with Crippen LogP contribution in [0, 0.1) is 11.3 Å². The fraction of sp³-hybridized carbons (Fsp3) is 0.385. The van der Waals surface area contributed by atoms with Gasteiger partial charge in [0.1, 0.15) is 0 Å². The molecular formula is C13H14BrNO2. The van der Waals surface area contributed by atoms with E-state index in [1.807, 2.05) is 19.1 Å². The van der Waals surface area contributed by atoms with Gasteiger partial charge in [-0.05, 0) is 23.1 Å². The van der Waals surface area contributed by atoms with Gasteiger partial charge in [-0.1, -0.05) is 35.0 Å². The molecule has 0 amide bonds. The lowest BCUT2D eigenvalue weighted by molar-refractivity contribution is -0.139. The molecule has 0 saturated heterocycles. The van der Waals surface area contributed by atoms with Crippen LogP contribution in [0.3, 0.4) is 0 Å². The van der Waals surface area contributed by atoms with Gasteiger partial charge in [0.15, 0.2) is 0 Å². The molecular weight excluding hydrogens is 282 g/mol. The van der Waals surface area contributed by atoms with Crippen molar-refractivity contribution >= 4 is 21.9 Å². The maximum absolute atomic E-state index is 11.2. The standard InChI is InChI=1S/C13H14BrNO2/c1-3-10-4-9(6-13(16)17-2)5-11(7-14)12(10)8-15/h4-5H,3,6-7H2,1-2H3. The highest BCUT2D eigenvalue weighted by Crippen LogP contribution is 2.21. The molecule has 17 heavy (non-hydrogen) atoms. The molecule has 1 aromatic carbocycles. The van der Waals surface area contributed by atoms with Gasteiger partial charge in [0.25, 0.3) is 0 Å². The topological polar surface area (TPSA) is 50.1 Å². The summed E-state index contributed by atoms with van der Waals surface area (Å²) in [6, 6.07) is 6.00. The SMILES string of the molecule is CCc1cc(CC(=O)OC)cc(CBr)c1C#N. The van der Waals surface area contributed by atoms with E-state index < -0.39 is 0 Å². The monoisotopic (exact) mass is 295 g/mol. The van der Waals surface area contributed by atoms with E-state index in [1.54, 1.807) is 0 Å². The molecule has 0 N–H and O–H groups in total. The third kappa shape index (κ3) is 3.31. The van der Waals surface area contributed by atoms with Gasteiger partial charge in [-0.25, -0.2) is 0 Å². The first-order valence-corrected chi connectivity index (χ1v) is 6.45. The zero-order valence-corrected chi connectivity index (χ0v) is 11.5. The summed E-state index contributed by atoms with van der Waals surface area (Å²) in [7, 11) is 1.37. The van der Waals surface area contributed by atoms with Gasteiger partial charge in [0.05, 0.1) is 25.2 Å². The molecule has 4 heteroatoms. The second-order valence-electron chi connectivity index (χ2n) is 3.64. The van der Waals surface area contributed by atoms with Crippen LogP contribution < -0.4 is 0 Å². The first-order chi connectivity index (χ1) is 8.15. The Balaban J connectivity index is 3.19. The summed E-state index contributed by atoms with van der Waals surface area (Å²) >= 11 is 3.36. The summed E-state index contributed by atoms with van der Waals surface area (Å²) in [5.74, 6) is -0.266. The van der Waals surface area contributed by atoms with Crippen LogP contribution in [0.5, 0.6) is 0 Å². The zero-order valence-electron chi connectivity index (χ0n) is 9.92. The van der Waals surface area contributed by atoms with Gasteiger partial charge in [0.2, 0.25) is 0 Å². The second kappa shape index (κ2) is 6.41. The van der Waals surface area contributed by atoms with E-state index in [2.05, 4.69) is 26.7 Å². The summed E-state index contributed by atoms with van der Waals surface area (Å²) in [4.78, 5) is 11.2. The van der Waals surface area contributed by atoms with Gasteiger partial charge < -0.3 is 4.74 Å². The van der Waals surface area contributed by atoms with E-state index >= 15 is 0 Å². The molecule has 1 rings (SSSR count). The van der Waals surface area contributed by atoms with Crippen molar-refractivity contribution in [2.45, 2.75) is 25.1 Å². The Morgan fingerprint density at radius 3 is 2.59 bits per heavy atom. The number of carbonyl (C=O) groups excluding carboxylic acids is 1. The van der Waals surface area contributed by atoms with Crippen molar-refractivity contribution in [2.75, 3.05) is 7.11 Å². The number of methoxy groups -OCH3 is 1. The van der Waals surface area contributed by atoms with Crippen LogP contribution in [-0.2, 0) is 27.7 Å². The highest BCUT2D eigenvalue weighted by molar-refractivity contribution is 9.08. The Labute approximate surface area is 110 Å². The van der Waals surface area contributed by atoms with E-state index in [4.69, 9.17) is 5.26 Å². The van der Waals surface area contributed by atoms with Crippen LogP contribution in [-0.4, -0.2) is 13.1 Å². The molecule has 0 heterocycles. The molecule has 1 aromatic rings. The molecule has 0 aromatic heterocycles. The Morgan fingerprint density at radius 1 is 1.47 bits per heavy atom. The van der Waals surface area contributed by atoms with E-state index in [-0.39, 0.29) is 12.4 Å². The molecule has 0 aliphatic rings. The van der Waals surface area contributed by atoms with Crippen molar-refractivity contribution in [3.8, 4) is 6.07 Å². The summed E-state index contributed by atoms with van der Waals surface area (Å²) in [6.07, 6.45) is 1.02. The van der Waals surface area contributed by atoms with E-state index in [0.29, 0.717) is 10.9 Å². The number of hydrogen-bond donors (Lipinski definition) is 0. The van der Waals surface area contributed by atoms with Crippen LogP contribution in [0.15, 0.2) is 12.1 Å². The number of aryl methyl sites for hydroxylation is 1. The number of halogens is 1. The third-order valence-electron chi connectivity index (χ3n) is 2.57. The quantitative estimate of drug-likeness (QED) is 0.634. The van der Waals surface area contributed by atoms with Crippen LogP contribution in [0.4, 0.5) is 0 Å². The van der Waals surface area contributed by atoms with Crippen LogP contribution in [0.1, 0.15) is 29.2 Å². The molecule has 0 radical (unpaired) electrons. The number of alkyl halides is 1. The Morgan fingerprint density at radius 2 is 2.12 bits per heavy atom. The average Bonchev–Trinajstić information content (AvgIpc) is 2.37. The zero-order chi connectivity index (χ0) is 12.8. The normalized spacial score (nSPS) is 9.76. The maximum atomic E-state index is 11.2. The van der Waals surface area contributed by atoms with Crippen LogP contribution >= 0.6 is 15.9 Å². The summed E-state index contributed by atoms with van der Waals surface area (Å²) < 4.78 is 4.64. The number of esters is 1. The van der Waals surface area contributed by atoms with Crippen LogP contribution in [0.2, 0.25) is 0 Å². The molecule has 0 fully saturated rings. The molecule has 90 valence electrons. The van der Waals surface area contributed by atoms with Crippen LogP contribution in [0.25, 0.3) is 0 Å². The first-order valence-electron chi connectivity index (χ1n) is 5.33. The molecule has 0 spiro atoms. The highest BCUT2D eigenvalue weighted by atomic mass is 79.9. The lowest BCUT2D eigenvalue weighted by atomic mass is 9.96. The highest BCUT2D eigenvalue weighted by Gasteiger charge is 2.11. The molecule has 0 atom stereocenters. The number of benzene rings is 1. The molecule has 0 saturated carbocycles. The van der Waals surface area contributed by atoms with Crippen molar-refractivity contribution in [3.63, 3.8) is 0 Å². The van der Waals surface area contributed by atoms with Gasteiger partial charge in [-0.3, -0.25) is 4.79 Å². The number of carbonyl (C=O) groups is 1. The lowest BCUT2D eigenvalue weighted by Crippen LogP contribution is -2.06. The number of nitrogens with zero attached hydrogens (tertiary/aromatic N) is 1. The predicted molar refractivity (Wildman–Crippen MR) is 68.9 cm³/mol. The maximum Gasteiger partial charge on any atom is 0.309 e. The number of ether oxygens (including phenoxy) is 1. The van der Waals surface area contributed by atoms with Gasteiger partial charge in [-0.15, -0.1) is 0 Å². The summed E-state index contributed by atoms with van der Waals surface area (Å²) in [5.41, 5.74) is 3.49. The molecule has 0 aliphatic heterocycles. The lowest BCUT2D eigenvalue weighted by Gasteiger charge is -2.09. The Hall–Kier alpha value is -1.34. The Bertz CT molecular complexity index is 438.